The van der Waals surface area contributed by atoms with Gasteiger partial charge < -0.3 is 10.1 Å². The first kappa shape index (κ1) is 14.8. The molecular weight excluding hydrogens is 242 g/mol. The smallest absolute Gasteiger partial charge is 0.305 e. The van der Waals surface area contributed by atoms with Crippen LogP contribution in [-0.4, -0.2) is 25.0 Å². The fourth-order valence-electron chi connectivity index (χ4n) is 1.36. The molecule has 0 fully saturated rings. The molecule has 0 atom stereocenters. The summed E-state index contributed by atoms with van der Waals surface area (Å²) in [5.74, 6) is 4.67. The van der Waals surface area contributed by atoms with Crippen molar-refractivity contribution in [1.29, 1.82) is 0 Å². The van der Waals surface area contributed by atoms with Gasteiger partial charge in [-0.3, -0.25) is 9.59 Å². The number of nitrogens with one attached hydrogen (secondary N) is 1. The molecule has 0 unspecified atom stereocenters. The maximum atomic E-state index is 11.4. The third-order valence-electron chi connectivity index (χ3n) is 2.24. The number of carbonyl (C=O) groups excluding carboxylic acids is 2. The Morgan fingerprint density at radius 3 is 2.68 bits per heavy atom. The number of hydrogen-bond acceptors (Lipinski definition) is 3. The minimum absolute atomic E-state index is 0.243. The fourth-order valence-corrected chi connectivity index (χ4v) is 1.36. The quantitative estimate of drug-likeness (QED) is 0.495. The summed E-state index contributed by atoms with van der Waals surface area (Å²) >= 11 is 0. The summed E-state index contributed by atoms with van der Waals surface area (Å²) < 4.78 is 4.77. The van der Waals surface area contributed by atoms with E-state index in [1.807, 2.05) is 30.3 Å². The van der Waals surface area contributed by atoms with Gasteiger partial charge in [-0.2, -0.15) is 0 Å². The predicted octanol–water partition coefficient (Wildman–Crippen LogP) is 1.50. The van der Waals surface area contributed by atoms with Crippen LogP contribution in [0.2, 0.25) is 0 Å². The Hall–Kier alpha value is -2.28. The van der Waals surface area contributed by atoms with Crippen LogP contribution in [0.4, 0.5) is 0 Å². The summed E-state index contributed by atoms with van der Waals surface area (Å²) in [4.78, 5) is 22.4. The lowest BCUT2D eigenvalue weighted by molar-refractivity contribution is -0.143. The molecule has 0 heterocycles. The minimum atomic E-state index is -0.340. The molecule has 0 bridgehead atoms. The number of ether oxygens (including phenoxy) is 1. The SMILES string of the molecule is CCOC(=O)CCCNC(=O)C#Cc1ccccc1. The molecule has 0 spiro atoms. The summed E-state index contributed by atoms with van der Waals surface area (Å²) in [6.07, 6.45) is 0.859. The zero-order valence-corrected chi connectivity index (χ0v) is 10.9. The van der Waals surface area contributed by atoms with Gasteiger partial charge in [0.05, 0.1) is 6.61 Å². The van der Waals surface area contributed by atoms with Crippen LogP contribution in [0.15, 0.2) is 30.3 Å². The molecule has 1 N–H and O–H groups in total. The van der Waals surface area contributed by atoms with Gasteiger partial charge in [0.1, 0.15) is 0 Å². The van der Waals surface area contributed by atoms with E-state index < -0.39 is 0 Å². The molecular formula is C15H17NO3. The van der Waals surface area contributed by atoms with E-state index in [-0.39, 0.29) is 11.9 Å². The Morgan fingerprint density at radius 2 is 2.00 bits per heavy atom. The first-order valence-electron chi connectivity index (χ1n) is 6.23. The maximum absolute atomic E-state index is 11.4. The predicted molar refractivity (Wildman–Crippen MR) is 72.2 cm³/mol. The molecule has 1 aromatic carbocycles. The highest BCUT2D eigenvalue weighted by atomic mass is 16.5. The molecule has 4 heteroatoms. The van der Waals surface area contributed by atoms with Crippen LogP contribution in [0.5, 0.6) is 0 Å². The third-order valence-corrected chi connectivity index (χ3v) is 2.24. The van der Waals surface area contributed by atoms with E-state index >= 15 is 0 Å². The molecule has 0 aliphatic rings. The molecule has 0 radical (unpaired) electrons. The van der Waals surface area contributed by atoms with Crippen molar-refractivity contribution in [2.45, 2.75) is 19.8 Å². The molecule has 0 aromatic heterocycles. The van der Waals surface area contributed by atoms with Crippen LogP contribution in [0, 0.1) is 11.8 Å². The van der Waals surface area contributed by atoms with Gasteiger partial charge in [-0.15, -0.1) is 0 Å². The molecule has 1 rings (SSSR count). The highest BCUT2D eigenvalue weighted by Crippen LogP contribution is 1.94. The average Bonchev–Trinajstić information content (AvgIpc) is 2.43. The van der Waals surface area contributed by atoms with Crippen molar-refractivity contribution >= 4 is 11.9 Å². The second-order valence-corrected chi connectivity index (χ2v) is 3.78. The van der Waals surface area contributed by atoms with Crippen molar-refractivity contribution in [2.24, 2.45) is 0 Å². The lowest BCUT2D eigenvalue weighted by Gasteiger charge is -2.01. The van der Waals surface area contributed by atoms with Gasteiger partial charge in [0.2, 0.25) is 0 Å². The monoisotopic (exact) mass is 259 g/mol. The molecule has 0 saturated heterocycles. The number of rotatable bonds is 5. The summed E-state index contributed by atoms with van der Waals surface area (Å²) in [7, 11) is 0. The molecule has 0 saturated carbocycles. The molecule has 4 nitrogen and oxygen atoms in total. The van der Waals surface area contributed by atoms with Gasteiger partial charge in [0, 0.05) is 24.4 Å². The Morgan fingerprint density at radius 1 is 1.26 bits per heavy atom. The maximum Gasteiger partial charge on any atom is 0.305 e. The van der Waals surface area contributed by atoms with Crippen LogP contribution in [0.3, 0.4) is 0 Å². The summed E-state index contributed by atoms with van der Waals surface area (Å²) in [6, 6.07) is 9.28. The molecule has 0 aliphatic heterocycles. The van der Waals surface area contributed by atoms with Crippen molar-refractivity contribution in [3.05, 3.63) is 35.9 Å². The zero-order valence-electron chi connectivity index (χ0n) is 10.9. The lowest BCUT2D eigenvalue weighted by Crippen LogP contribution is -2.23. The van der Waals surface area contributed by atoms with Crippen LogP contribution in [0.1, 0.15) is 25.3 Å². The number of esters is 1. The molecule has 100 valence electrons. The summed E-state index contributed by atoms with van der Waals surface area (Å²) in [6.45, 7) is 2.56. The Balaban J connectivity index is 2.22. The van der Waals surface area contributed by atoms with Gasteiger partial charge in [-0.05, 0) is 25.5 Å². The van der Waals surface area contributed by atoms with Gasteiger partial charge in [-0.1, -0.05) is 24.1 Å². The van der Waals surface area contributed by atoms with Crippen molar-refractivity contribution < 1.29 is 14.3 Å². The van der Waals surface area contributed by atoms with E-state index in [1.54, 1.807) is 6.92 Å². The van der Waals surface area contributed by atoms with Gasteiger partial charge >= 0.3 is 5.97 Å². The number of carbonyl (C=O) groups is 2. The Kier molecular flexibility index (Phi) is 6.81. The van der Waals surface area contributed by atoms with E-state index in [1.165, 1.54) is 0 Å². The van der Waals surface area contributed by atoms with Crippen molar-refractivity contribution in [1.82, 2.24) is 5.32 Å². The largest absolute Gasteiger partial charge is 0.466 e. The highest BCUT2D eigenvalue weighted by molar-refractivity contribution is 5.94. The molecule has 1 amide bonds. The van der Waals surface area contributed by atoms with E-state index in [4.69, 9.17) is 4.74 Å². The summed E-state index contributed by atoms with van der Waals surface area (Å²) in [5.41, 5.74) is 0.796. The van der Waals surface area contributed by atoms with E-state index in [2.05, 4.69) is 17.2 Å². The topological polar surface area (TPSA) is 55.4 Å². The van der Waals surface area contributed by atoms with Gasteiger partial charge in [-0.25, -0.2) is 0 Å². The second kappa shape index (κ2) is 8.76. The average molecular weight is 259 g/mol. The third kappa shape index (κ3) is 6.89. The fraction of sp³-hybridized carbons (Fsp3) is 0.333. The number of hydrogen-bond donors (Lipinski definition) is 1. The lowest BCUT2D eigenvalue weighted by atomic mass is 10.2. The van der Waals surface area contributed by atoms with E-state index in [0.717, 1.165) is 5.56 Å². The van der Waals surface area contributed by atoms with Crippen LogP contribution < -0.4 is 5.32 Å². The Labute approximate surface area is 113 Å². The molecule has 1 aromatic rings. The first-order valence-corrected chi connectivity index (χ1v) is 6.23. The summed E-state index contributed by atoms with van der Waals surface area (Å²) in [5, 5.41) is 2.63. The molecule has 19 heavy (non-hydrogen) atoms. The van der Waals surface area contributed by atoms with Crippen LogP contribution >= 0.6 is 0 Å². The van der Waals surface area contributed by atoms with Crippen molar-refractivity contribution in [3.63, 3.8) is 0 Å². The van der Waals surface area contributed by atoms with Gasteiger partial charge in [0.15, 0.2) is 0 Å². The van der Waals surface area contributed by atoms with Crippen LogP contribution in [0.25, 0.3) is 0 Å². The van der Waals surface area contributed by atoms with E-state index in [9.17, 15) is 9.59 Å². The minimum Gasteiger partial charge on any atom is -0.466 e. The normalized spacial score (nSPS) is 9.11. The first-order chi connectivity index (χ1) is 9.22. The highest BCUT2D eigenvalue weighted by Gasteiger charge is 2.01. The zero-order chi connectivity index (χ0) is 13.9. The Bertz CT molecular complexity index is 471. The number of benzene rings is 1. The van der Waals surface area contributed by atoms with Gasteiger partial charge in [0.25, 0.3) is 5.91 Å². The standard InChI is InChI=1S/C15H17NO3/c1-2-19-15(18)9-6-12-16-14(17)11-10-13-7-4-3-5-8-13/h3-5,7-8H,2,6,9,12H2,1H3,(H,16,17). The number of amides is 1. The van der Waals surface area contributed by atoms with Crippen molar-refractivity contribution in [3.8, 4) is 11.8 Å². The van der Waals surface area contributed by atoms with E-state index in [0.29, 0.717) is 26.0 Å². The van der Waals surface area contributed by atoms with Crippen LogP contribution in [-0.2, 0) is 14.3 Å². The van der Waals surface area contributed by atoms with Crippen molar-refractivity contribution in [2.75, 3.05) is 13.2 Å². The second-order valence-electron chi connectivity index (χ2n) is 3.78. The molecule has 0 aliphatic carbocycles.